The molecule has 0 atom stereocenters. The maximum absolute atomic E-state index is 12.4. The van der Waals surface area contributed by atoms with Crippen molar-refractivity contribution in [3.63, 3.8) is 0 Å². The summed E-state index contributed by atoms with van der Waals surface area (Å²) >= 11 is 0. The molecule has 0 aliphatic carbocycles. The van der Waals surface area contributed by atoms with E-state index in [1.807, 2.05) is 0 Å². The normalized spacial score (nSPS) is 10.8. The molecule has 1 aromatic heterocycles. The van der Waals surface area contributed by atoms with Gasteiger partial charge < -0.3 is 29.8 Å². The van der Waals surface area contributed by atoms with Gasteiger partial charge >= 0.3 is 6.09 Å². The molecule has 1 heterocycles. The van der Waals surface area contributed by atoms with E-state index in [9.17, 15) is 14.4 Å². The lowest BCUT2D eigenvalue weighted by molar-refractivity contribution is -0.114. The molecule has 2 aromatic rings. The minimum absolute atomic E-state index is 0.0848. The Hall–Kier alpha value is -3.49. The van der Waals surface area contributed by atoms with Crippen LogP contribution in [0, 0.1) is 0 Å². The Labute approximate surface area is 168 Å². The van der Waals surface area contributed by atoms with Crippen LogP contribution in [-0.4, -0.2) is 30.6 Å². The molecule has 0 fully saturated rings. The SMILES string of the molecule is COc1cc(NC(=O)c2coc(CNC(=O)OC(C)(C)C)c2)ccc1NC(C)=O. The molecule has 0 bridgehead atoms. The Balaban J connectivity index is 1.98. The Morgan fingerprint density at radius 2 is 1.83 bits per heavy atom. The number of rotatable bonds is 6. The maximum Gasteiger partial charge on any atom is 0.408 e. The molecule has 0 aliphatic heterocycles. The summed E-state index contributed by atoms with van der Waals surface area (Å²) in [7, 11) is 1.46. The van der Waals surface area contributed by atoms with Crippen LogP contribution in [0.25, 0.3) is 0 Å². The molecule has 0 spiro atoms. The van der Waals surface area contributed by atoms with Gasteiger partial charge in [0.15, 0.2) is 0 Å². The van der Waals surface area contributed by atoms with Crippen molar-refractivity contribution in [3.05, 3.63) is 41.9 Å². The van der Waals surface area contributed by atoms with E-state index < -0.39 is 17.6 Å². The number of ether oxygens (including phenoxy) is 2. The highest BCUT2D eigenvalue weighted by molar-refractivity contribution is 6.04. The fourth-order valence-corrected chi connectivity index (χ4v) is 2.33. The van der Waals surface area contributed by atoms with Crippen LogP contribution in [0.5, 0.6) is 5.75 Å². The zero-order valence-corrected chi connectivity index (χ0v) is 17.0. The number of benzene rings is 1. The second-order valence-corrected chi connectivity index (χ2v) is 7.21. The van der Waals surface area contributed by atoms with Gasteiger partial charge in [-0.1, -0.05) is 0 Å². The van der Waals surface area contributed by atoms with E-state index in [1.54, 1.807) is 39.0 Å². The topological polar surface area (TPSA) is 119 Å². The zero-order valence-electron chi connectivity index (χ0n) is 17.0. The number of anilines is 2. The molecule has 3 amide bonds. The first-order chi connectivity index (χ1) is 13.6. The van der Waals surface area contributed by atoms with Gasteiger partial charge in [-0.15, -0.1) is 0 Å². The molecule has 1 aromatic carbocycles. The fourth-order valence-electron chi connectivity index (χ4n) is 2.33. The third-order valence-electron chi connectivity index (χ3n) is 3.49. The average Bonchev–Trinajstić information content (AvgIpc) is 3.08. The number of furan rings is 1. The number of amides is 3. The quantitative estimate of drug-likeness (QED) is 0.679. The summed E-state index contributed by atoms with van der Waals surface area (Å²) in [6.45, 7) is 6.77. The van der Waals surface area contributed by atoms with Gasteiger partial charge in [-0.25, -0.2) is 4.79 Å². The number of hydrogen-bond acceptors (Lipinski definition) is 6. The molecule has 29 heavy (non-hydrogen) atoms. The van der Waals surface area contributed by atoms with Crippen molar-refractivity contribution < 1.29 is 28.3 Å². The number of alkyl carbamates (subject to hydrolysis) is 1. The van der Waals surface area contributed by atoms with Crippen LogP contribution in [0.15, 0.2) is 34.9 Å². The summed E-state index contributed by atoms with van der Waals surface area (Å²) in [5.74, 6) is 0.185. The maximum atomic E-state index is 12.4. The van der Waals surface area contributed by atoms with Crippen LogP contribution < -0.4 is 20.7 Å². The van der Waals surface area contributed by atoms with Gasteiger partial charge in [0, 0.05) is 18.7 Å². The minimum atomic E-state index is -0.602. The molecule has 2 rings (SSSR count). The monoisotopic (exact) mass is 403 g/mol. The van der Waals surface area contributed by atoms with Crippen LogP contribution in [0.1, 0.15) is 43.8 Å². The molecule has 0 aliphatic rings. The Kier molecular flexibility index (Phi) is 6.87. The number of nitrogens with one attached hydrogen (secondary N) is 3. The number of carbonyl (C=O) groups is 3. The highest BCUT2D eigenvalue weighted by Crippen LogP contribution is 2.28. The highest BCUT2D eigenvalue weighted by atomic mass is 16.6. The van der Waals surface area contributed by atoms with Gasteiger partial charge in [0.2, 0.25) is 5.91 Å². The summed E-state index contributed by atoms with van der Waals surface area (Å²) < 4.78 is 15.7. The van der Waals surface area contributed by atoms with Gasteiger partial charge in [0.1, 0.15) is 23.4 Å². The molecule has 9 heteroatoms. The second-order valence-electron chi connectivity index (χ2n) is 7.21. The molecular formula is C20H25N3O6. The summed E-state index contributed by atoms with van der Waals surface area (Å²) in [5.41, 5.74) is 0.665. The predicted molar refractivity (Wildman–Crippen MR) is 107 cm³/mol. The smallest absolute Gasteiger partial charge is 0.408 e. The molecule has 3 N–H and O–H groups in total. The second kappa shape index (κ2) is 9.13. The van der Waals surface area contributed by atoms with Gasteiger partial charge in [0.25, 0.3) is 5.91 Å². The summed E-state index contributed by atoms with van der Waals surface area (Å²) in [5, 5.41) is 7.92. The van der Waals surface area contributed by atoms with Crippen molar-refractivity contribution in [2.24, 2.45) is 0 Å². The van der Waals surface area contributed by atoms with Crippen molar-refractivity contribution in [3.8, 4) is 5.75 Å². The third-order valence-corrected chi connectivity index (χ3v) is 3.49. The summed E-state index contributed by atoms with van der Waals surface area (Å²) in [6.07, 6.45) is 0.718. The van der Waals surface area contributed by atoms with E-state index >= 15 is 0 Å². The lowest BCUT2D eigenvalue weighted by atomic mass is 10.2. The highest BCUT2D eigenvalue weighted by Gasteiger charge is 2.17. The van der Waals surface area contributed by atoms with Gasteiger partial charge in [-0.2, -0.15) is 0 Å². The first-order valence-corrected chi connectivity index (χ1v) is 8.88. The molecule has 9 nitrogen and oxygen atoms in total. The number of methoxy groups -OCH3 is 1. The summed E-state index contributed by atoms with van der Waals surface area (Å²) in [6, 6.07) is 6.38. The summed E-state index contributed by atoms with van der Waals surface area (Å²) in [4.78, 5) is 35.3. The van der Waals surface area contributed by atoms with E-state index in [0.29, 0.717) is 22.9 Å². The van der Waals surface area contributed by atoms with E-state index in [4.69, 9.17) is 13.9 Å². The van der Waals surface area contributed by atoms with Crippen molar-refractivity contribution in [2.45, 2.75) is 39.8 Å². The van der Waals surface area contributed by atoms with E-state index in [0.717, 1.165) is 0 Å². The fraction of sp³-hybridized carbons (Fsp3) is 0.350. The Morgan fingerprint density at radius 3 is 2.45 bits per heavy atom. The van der Waals surface area contributed by atoms with Crippen LogP contribution >= 0.6 is 0 Å². The lowest BCUT2D eigenvalue weighted by Gasteiger charge is -2.19. The van der Waals surface area contributed by atoms with Gasteiger partial charge in [-0.3, -0.25) is 9.59 Å². The first kappa shape index (κ1) is 21.8. The number of carbonyl (C=O) groups excluding carboxylic acids is 3. The molecule has 0 radical (unpaired) electrons. The first-order valence-electron chi connectivity index (χ1n) is 8.88. The molecular weight excluding hydrogens is 378 g/mol. The van der Waals surface area contributed by atoms with Crippen LogP contribution in [0.2, 0.25) is 0 Å². The van der Waals surface area contributed by atoms with Crippen LogP contribution in [0.3, 0.4) is 0 Å². The van der Waals surface area contributed by atoms with Crippen molar-refractivity contribution in [1.29, 1.82) is 0 Å². The molecule has 0 saturated carbocycles. The zero-order chi connectivity index (χ0) is 21.6. The Morgan fingerprint density at radius 1 is 1.10 bits per heavy atom. The molecule has 156 valence electrons. The van der Waals surface area contributed by atoms with E-state index in [2.05, 4.69) is 16.0 Å². The van der Waals surface area contributed by atoms with Crippen molar-refractivity contribution in [1.82, 2.24) is 5.32 Å². The lowest BCUT2D eigenvalue weighted by Crippen LogP contribution is -2.32. The van der Waals surface area contributed by atoms with Crippen molar-refractivity contribution in [2.75, 3.05) is 17.7 Å². The minimum Gasteiger partial charge on any atom is -0.494 e. The van der Waals surface area contributed by atoms with Crippen molar-refractivity contribution >= 4 is 29.3 Å². The van der Waals surface area contributed by atoms with E-state index in [1.165, 1.54) is 26.4 Å². The van der Waals surface area contributed by atoms with Gasteiger partial charge in [-0.05, 0) is 39.0 Å². The third kappa shape index (κ3) is 6.87. The van der Waals surface area contributed by atoms with Crippen LogP contribution in [0.4, 0.5) is 16.2 Å². The molecule has 0 unspecified atom stereocenters. The molecule has 0 saturated heterocycles. The standard InChI is InChI=1S/C20H25N3O6/c1-12(24)22-16-7-6-14(9-17(16)27-5)23-18(25)13-8-15(28-11-13)10-21-19(26)29-20(2,3)4/h6-9,11H,10H2,1-5H3,(H,21,26)(H,22,24)(H,23,25). The Bertz CT molecular complexity index is 898. The average molecular weight is 403 g/mol. The largest absolute Gasteiger partial charge is 0.494 e. The predicted octanol–water partition coefficient (Wildman–Crippen LogP) is 3.52. The number of hydrogen-bond donors (Lipinski definition) is 3. The van der Waals surface area contributed by atoms with E-state index in [-0.39, 0.29) is 18.0 Å². The van der Waals surface area contributed by atoms with Gasteiger partial charge in [0.05, 0.1) is 24.9 Å². The van der Waals surface area contributed by atoms with Crippen LogP contribution in [-0.2, 0) is 16.1 Å².